The summed E-state index contributed by atoms with van der Waals surface area (Å²) in [5.41, 5.74) is 18.0. The molecule has 0 aliphatic carbocycles. The zero-order valence-corrected chi connectivity index (χ0v) is 29.0. The van der Waals surface area contributed by atoms with Crippen LogP contribution in [-0.2, 0) is 0 Å². The van der Waals surface area contributed by atoms with Crippen LogP contribution in [0.15, 0.2) is 164 Å². The predicted molar refractivity (Wildman–Crippen MR) is 210 cm³/mol. The fraction of sp³-hybridized carbons (Fsp3) is 0.106. The van der Waals surface area contributed by atoms with Crippen LogP contribution in [-0.4, -0.2) is 0 Å². The van der Waals surface area contributed by atoms with Crippen molar-refractivity contribution in [3.05, 3.63) is 192 Å². The Labute approximate surface area is 291 Å². The van der Waals surface area contributed by atoms with E-state index in [0.29, 0.717) is 0 Å². The zero-order chi connectivity index (χ0) is 33.9. The number of rotatable bonds is 8. The highest BCUT2D eigenvalue weighted by Crippen LogP contribution is 2.41. The summed E-state index contributed by atoms with van der Waals surface area (Å²) in [7, 11) is 0. The second-order valence-corrected chi connectivity index (χ2v) is 13.1. The standard InChI is InChI=1S/C47H42N2/c1-33-17-19-38(20-18-33)39-21-23-41(24-22-39)49(43-16-10-12-35(3)30-43)45-26-28-47(37(5)32-45)46-27-25-44(31-36(46)4)48(40-13-7-6-8-14-40)42-15-9-11-34(2)29-42/h6-32H,1-5H3. The third-order valence-electron chi connectivity index (χ3n) is 9.27. The van der Waals surface area contributed by atoms with Crippen LogP contribution in [0.4, 0.5) is 34.1 Å². The minimum Gasteiger partial charge on any atom is -0.310 e. The molecule has 0 saturated carbocycles. The Balaban J connectivity index is 1.25. The van der Waals surface area contributed by atoms with Crippen LogP contribution in [0.3, 0.4) is 0 Å². The molecule has 7 aromatic rings. The van der Waals surface area contributed by atoms with Gasteiger partial charge in [0.2, 0.25) is 0 Å². The maximum absolute atomic E-state index is 2.36. The Kier molecular flexibility index (Phi) is 8.87. The van der Waals surface area contributed by atoms with Crippen LogP contribution >= 0.6 is 0 Å². The molecule has 0 radical (unpaired) electrons. The van der Waals surface area contributed by atoms with Crippen molar-refractivity contribution >= 4 is 34.1 Å². The summed E-state index contributed by atoms with van der Waals surface area (Å²) in [5.74, 6) is 0. The molecule has 7 rings (SSSR count). The van der Waals surface area contributed by atoms with Crippen LogP contribution < -0.4 is 9.80 Å². The van der Waals surface area contributed by atoms with Crippen molar-refractivity contribution in [2.75, 3.05) is 9.80 Å². The number of aryl methyl sites for hydroxylation is 5. The van der Waals surface area contributed by atoms with E-state index in [1.165, 1.54) is 50.1 Å². The molecule has 0 aliphatic heterocycles. The molecule has 0 bridgehead atoms. The van der Waals surface area contributed by atoms with Crippen LogP contribution in [0.25, 0.3) is 22.3 Å². The van der Waals surface area contributed by atoms with E-state index in [2.05, 4.69) is 208 Å². The number of nitrogens with zero attached hydrogens (tertiary/aromatic N) is 2. The topological polar surface area (TPSA) is 6.48 Å². The highest BCUT2D eigenvalue weighted by Gasteiger charge is 2.17. The molecular weight excluding hydrogens is 593 g/mol. The molecular formula is C47H42N2. The third kappa shape index (κ3) is 6.77. The summed E-state index contributed by atoms with van der Waals surface area (Å²) in [4.78, 5) is 4.70. The van der Waals surface area contributed by atoms with Crippen molar-refractivity contribution in [2.45, 2.75) is 34.6 Å². The van der Waals surface area contributed by atoms with E-state index in [4.69, 9.17) is 0 Å². The number of hydrogen-bond acceptors (Lipinski definition) is 2. The molecule has 49 heavy (non-hydrogen) atoms. The van der Waals surface area contributed by atoms with E-state index in [0.717, 1.165) is 34.1 Å². The summed E-state index contributed by atoms with van der Waals surface area (Å²) < 4.78 is 0. The summed E-state index contributed by atoms with van der Waals surface area (Å²) >= 11 is 0. The van der Waals surface area contributed by atoms with Gasteiger partial charge in [-0.2, -0.15) is 0 Å². The highest BCUT2D eigenvalue weighted by molar-refractivity contribution is 5.84. The number of hydrogen-bond donors (Lipinski definition) is 0. The van der Waals surface area contributed by atoms with E-state index >= 15 is 0 Å². The van der Waals surface area contributed by atoms with Crippen LogP contribution in [0, 0.1) is 34.6 Å². The van der Waals surface area contributed by atoms with Gasteiger partial charge in [0.05, 0.1) is 0 Å². The van der Waals surface area contributed by atoms with Gasteiger partial charge in [-0.3, -0.25) is 0 Å². The Bertz CT molecular complexity index is 2210. The molecule has 0 aliphatic rings. The first-order chi connectivity index (χ1) is 23.8. The van der Waals surface area contributed by atoms with Gasteiger partial charge in [0, 0.05) is 34.1 Å². The van der Waals surface area contributed by atoms with E-state index < -0.39 is 0 Å². The van der Waals surface area contributed by atoms with Crippen LogP contribution in [0.5, 0.6) is 0 Å². The number of benzene rings is 7. The van der Waals surface area contributed by atoms with Gasteiger partial charge in [-0.15, -0.1) is 0 Å². The quantitative estimate of drug-likeness (QED) is 0.164. The fourth-order valence-electron chi connectivity index (χ4n) is 6.73. The van der Waals surface area contributed by atoms with E-state index in [9.17, 15) is 0 Å². The van der Waals surface area contributed by atoms with Gasteiger partial charge in [-0.1, -0.05) is 96.6 Å². The maximum atomic E-state index is 2.36. The van der Waals surface area contributed by atoms with Crippen molar-refractivity contribution in [1.82, 2.24) is 0 Å². The van der Waals surface area contributed by atoms with Crippen LogP contribution in [0.1, 0.15) is 27.8 Å². The molecule has 0 spiro atoms. The average Bonchev–Trinajstić information content (AvgIpc) is 3.10. The lowest BCUT2D eigenvalue weighted by atomic mass is 9.95. The largest absolute Gasteiger partial charge is 0.310 e. The number of anilines is 6. The van der Waals surface area contributed by atoms with Crippen molar-refractivity contribution < 1.29 is 0 Å². The van der Waals surface area contributed by atoms with Crippen molar-refractivity contribution in [1.29, 1.82) is 0 Å². The zero-order valence-electron chi connectivity index (χ0n) is 29.0. The lowest BCUT2D eigenvalue weighted by molar-refractivity contribution is 1.25. The lowest BCUT2D eigenvalue weighted by Gasteiger charge is -2.28. The SMILES string of the molecule is Cc1ccc(-c2ccc(N(c3cccc(C)c3)c3ccc(-c4ccc(N(c5ccccc5)c5cccc(C)c5)cc4C)c(C)c3)cc2)cc1. The van der Waals surface area contributed by atoms with Crippen molar-refractivity contribution in [3.8, 4) is 22.3 Å². The molecule has 2 heteroatoms. The van der Waals surface area contributed by atoms with Crippen LogP contribution in [0.2, 0.25) is 0 Å². The van der Waals surface area contributed by atoms with E-state index in [1.54, 1.807) is 0 Å². The molecule has 7 aromatic carbocycles. The summed E-state index contributed by atoms with van der Waals surface area (Å²) in [5, 5.41) is 0. The molecule has 0 aromatic heterocycles. The van der Waals surface area contributed by atoms with E-state index in [1.807, 2.05) is 0 Å². The molecule has 2 nitrogen and oxygen atoms in total. The van der Waals surface area contributed by atoms with Crippen molar-refractivity contribution in [2.24, 2.45) is 0 Å². The molecule has 0 saturated heterocycles. The van der Waals surface area contributed by atoms with Gasteiger partial charge >= 0.3 is 0 Å². The third-order valence-corrected chi connectivity index (χ3v) is 9.27. The molecule has 0 unspecified atom stereocenters. The lowest BCUT2D eigenvalue weighted by Crippen LogP contribution is -2.11. The summed E-state index contributed by atoms with van der Waals surface area (Å²) in [6.07, 6.45) is 0. The van der Waals surface area contributed by atoms with Crippen molar-refractivity contribution in [3.63, 3.8) is 0 Å². The molecule has 0 heterocycles. The molecule has 0 N–H and O–H groups in total. The Hall–Kier alpha value is -5.86. The highest BCUT2D eigenvalue weighted by atomic mass is 15.1. The summed E-state index contributed by atoms with van der Waals surface area (Å²) in [6.45, 7) is 10.9. The molecule has 0 fully saturated rings. The smallest absolute Gasteiger partial charge is 0.0464 e. The molecule has 240 valence electrons. The normalized spacial score (nSPS) is 11.0. The number of para-hydroxylation sites is 1. The van der Waals surface area contributed by atoms with Gasteiger partial charge in [0.1, 0.15) is 0 Å². The minimum atomic E-state index is 1.13. The Morgan fingerprint density at radius 1 is 0.286 bits per heavy atom. The average molecular weight is 635 g/mol. The van der Waals surface area contributed by atoms with E-state index in [-0.39, 0.29) is 0 Å². The first-order valence-corrected chi connectivity index (χ1v) is 17.0. The Morgan fingerprint density at radius 3 is 1.12 bits per heavy atom. The first kappa shape index (κ1) is 31.7. The van der Waals surface area contributed by atoms with Gasteiger partial charge in [0.25, 0.3) is 0 Å². The maximum Gasteiger partial charge on any atom is 0.0464 e. The first-order valence-electron chi connectivity index (χ1n) is 17.0. The van der Waals surface area contributed by atoms with Gasteiger partial charge < -0.3 is 9.80 Å². The summed E-state index contributed by atoms with van der Waals surface area (Å²) in [6, 6.07) is 59.4. The minimum absolute atomic E-state index is 1.13. The molecule has 0 amide bonds. The van der Waals surface area contributed by atoms with Gasteiger partial charge in [-0.25, -0.2) is 0 Å². The molecule has 0 atom stereocenters. The van der Waals surface area contributed by atoms with Gasteiger partial charge in [-0.05, 0) is 152 Å². The fourth-order valence-corrected chi connectivity index (χ4v) is 6.73. The predicted octanol–water partition coefficient (Wildman–Crippen LogP) is 13.5. The second kappa shape index (κ2) is 13.7. The Morgan fingerprint density at radius 2 is 0.673 bits per heavy atom. The monoisotopic (exact) mass is 634 g/mol. The van der Waals surface area contributed by atoms with Gasteiger partial charge in [0.15, 0.2) is 0 Å². The second-order valence-electron chi connectivity index (χ2n) is 13.1.